The van der Waals surface area contributed by atoms with E-state index < -0.39 is 0 Å². The van der Waals surface area contributed by atoms with Crippen molar-refractivity contribution >= 4 is 15.9 Å². The molecular formula is C12H24BrNO. The molecule has 0 amide bonds. The Bertz CT molecular complexity index is 182. The number of likely N-dealkylation sites (tertiary alicyclic amines) is 1. The van der Waals surface area contributed by atoms with Crippen molar-refractivity contribution in [2.24, 2.45) is 5.41 Å². The molecule has 1 heterocycles. The highest BCUT2D eigenvalue weighted by Gasteiger charge is 2.25. The average molecular weight is 278 g/mol. The molecule has 1 aliphatic heterocycles. The molecule has 0 saturated carbocycles. The van der Waals surface area contributed by atoms with E-state index in [0.29, 0.717) is 11.5 Å². The Morgan fingerprint density at radius 3 is 2.80 bits per heavy atom. The zero-order chi connectivity index (χ0) is 11.3. The first-order valence-corrected chi connectivity index (χ1v) is 7.09. The van der Waals surface area contributed by atoms with Gasteiger partial charge in [-0.2, -0.15) is 0 Å². The van der Waals surface area contributed by atoms with Crippen molar-refractivity contribution in [2.45, 2.75) is 39.7 Å². The summed E-state index contributed by atoms with van der Waals surface area (Å²) in [6.45, 7) is 11.1. The van der Waals surface area contributed by atoms with Crippen molar-refractivity contribution in [3.05, 3.63) is 0 Å². The molecular weight excluding hydrogens is 254 g/mol. The number of piperidine rings is 1. The molecule has 1 aliphatic rings. The maximum atomic E-state index is 5.71. The summed E-state index contributed by atoms with van der Waals surface area (Å²) in [6.07, 6.45) is 2.98. The number of halogens is 1. The molecule has 3 heteroatoms. The monoisotopic (exact) mass is 277 g/mol. The summed E-state index contributed by atoms with van der Waals surface area (Å²) < 4.78 is 5.71. The normalized spacial score (nSPS) is 24.4. The van der Waals surface area contributed by atoms with E-state index in [2.05, 4.69) is 41.6 Å². The first kappa shape index (κ1) is 13.5. The lowest BCUT2D eigenvalue weighted by atomic mass is 9.94. The minimum Gasteiger partial charge on any atom is -0.377 e. The van der Waals surface area contributed by atoms with Crippen LogP contribution in [0.1, 0.15) is 33.6 Å². The smallest absolute Gasteiger partial charge is 0.0702 e. The predicted molar refractivity (Wildman–Crippen MR) is 68.7 cm³/mol. The van der Waals surface area contributed by atoms with Crippen LogP contribution in [0.3, 0.4) is 0 Å². The third kappa shape index (κ3) is 4.83. The fourth-order valence-electron chi connectivity index (χ4n) is 2.18. The van der Waals surface area contributed by atoms with Gasteiger partial charge in [0.15, 0.2) is 0 Å². The van der Waals surface area contributed by atoms with Gasteiger partial charge in [0.1, 0.15) is 0 Å². The summed E-state index contributed by atoms with van der Waals surface area (Å²) in [7, 11) is 0. The van der Waals surface area contributed by atoms with Gasteiger partial charge in [0.2, 0.25) is 0 Å². The van der Waals surface area contributed by atoms with Gasteiger partial charge in [-0.15, -0.1) is 0 Å². The third-order valence-electron chi connectivity index (χ3n) is 2.88. The highest BCUT2D eigenvalue weighted by molar-refractivity contribution is 9.09. The highest BCUT2D eigenvalue weighted by Crippen LogP contribution is 2.22. The second-order valence-corrected chi connectivity index (χ2v) is 5.81. The molecule has 2 nitrogen and oxygen atoms in total. The van der Waals surface area contributed by atoms with Crippen molar-refractivity contribution in [2.75, 3.05) is 31.6 Å². The molecule has 0 aromatic heterocycles. The molecule has 1 saturated heterocycles. The van der Waals surface area contributed by atoms with Crippen LogP contribution in [0.5, 0.6) is 0 Å². The van der Waals surface area contributed by atoms with Gasteiger partial charge >= 0.3 is 0 Å². The number of alkyl halides is 1. The average Bonchev–Trinajstić information content (AvgIpc) is 2.18. The van der Waals surface area contributed by atoms with Crippen molar-refractivity contribution in [3.8, 4) is 0 Å². The van der Waals surface area contributed by atoms with Gasteiger partial charge in [0.25, 0.3) is 0 Å². The first-order valence-electron chi connectivity index (χ1n) is 5.97. The van der Waals surface area contributed by atoms with E-state index in [9.17, 15) is 0 Å². The summed E-state index contributed by atoms with van der Waals surface area (Å²) in [6, 6.07) is 0. The van der Waals surface area contributed by atoms with Gasteiger partial charge in [-0.25, -0.2) is 0 Å². The number of hydrogen-bond donors (Lipinski definition) is 0. The molecule has 1 fully saturated rings. The van der Waals surface area contributed by atoms with Crippen molar-refractivity contribution in [3.63, 3.8) is 0 Å². The molecule has 0 radical (unpaired) electrons. The first-order chi connectivity index (χ1) is 7.07. The fraction of sp³-hybridized carbons (Fsp3) is 1.00. The summed E-state index contributed by atoms with van der Waals surface area (Å²) in [5, 5.41) is 1.07. The molecule has 90 valence electrons. The molecule has 1 atom stereocenters. The zero-order valence-electron chi connectivity index (χ0n) is 10.3. The summed E-state index contributed by atoms with van der Waals surface area (Å²) in [5.74, 6) is 0. The van der Waals surface area contributed by atoms with Gasteiger partial charge in [0, 0.05) is 25.0 Å². The summed E-state index contributed by atoms with van der Waals surface area (Å²) >= 11 is 3.59. The number of hydrogen-bond acceptors (Lipinski definition) is 2. The quantitative estimate of drug-likeness (QED) is 0.717. The van der Waals surface area contributed by atoms with E-state index in [1.165, 1.54) is 25.9 Å². The minimum absolute atomic E-state index is 0.369. The lowest BCUT2D eigenvalue weighted by Crippen LogP contribution is -2.44. The molecule has 0 aliphatic carbocycles. The second-order valence-electron chi connectivity index (χ2n) is 5.25. The Morgan fingerprint density at radius 1 is 1.47 bits per heavy atom. The Morgan fingerprint density at radius 2 is 2.20 bits per heavy atom. The summed E-state index contributed by atoms with van der Waals surface area (Å²) in [5.41, 5.74) is 0.369. The van der Waals surface area contributed by atoms with Crippen LogP contribution in [0, 0.1) is 5.41 Å². The van der Waals surface area contributed by atoms with Crippen molar-refractivity contribution in [1.29, 1.82) is 0 Å². The van der Waals surface area contributed by atoms with Crippen LogP contribution in [0.15, 0.2) is 0 Å². The van der Waals surface area contributed by atoms with Crippen LogP contribution < -0.4 is 0 Å². The molecule has 0 aromatic rings. The van der Waals surface area contributed by atoms with Gasteiger partial charge < -0.3 is 9.64 Å². The Labute approximate surface area is 102 Å². The molecule has 15 heavy (non-hydrogen) atoms. The van der Waals surface area contributed by atoms with Crippen LogP contribution in [0.25, 0.3) is 0 Å². The van der Waals surface area contributed by atoms with Gasteiger partial charge in [-0.3, -0.25) is 0 Å². The Balaban J connectivity index is 2.36. The molecule has 1 unspecified atom stereocenters. The van der Waals surface area contributed by atoms with Crippen LogP contribution >= 0.6 is 15.9 Å². The topological polar surface area (TPSA) is 12.5 Å². The van der Waals surface area contributed by atoms with Crippen LogP contribution in [-0.4, -0.2) is 42.6 Å². The molecule has 0 spiro atoms. The fourth-order valence-corrected chi connectivity index (χ4v) is 2.35. The molecule has 1 rings (SSSR count). The SMILES string of the molecule is CCOC1CCCN(CC(C)(C)CBr)C1. The van der Waals surface area contributed by atoms with Gasteiger partial charge in [-0.05, 0) is 31.7 Å². The summed E-state index contributed by atoms with van der Waals surface area (Å²) in [4.78, 5) is 2.55. The van der Waals surface area contributed by atoms with E-state index in [1.54, 1.807) is 0 Å². The molecule has 0 aromatic carbocycles. The van der Waals surface area contributed by atoms with Crippen LogP contribution in [-0.2, 0) is 4.74 Å². The zero-order valence-corrected chi connectivity index (χ0v) is 11.8. The lowest BCUT2D eigenvalue weighted by molar-refractivity contribution is -0.00186. The standard InChI is InChI=1S/C12H24BrNO/c1-4-15-11-6-5-7-14(8-11)10-12(2,3)9-13/h11H,4-10H2,1-3H3. The van der Waals surface area contributed by atoms with Crippen molar-refractivity contribution in [1.82, 2.24) is 4.90 Å². The molecule has 0 N–H and O–H groups in total. The highest BCUT2D eigenvalue weighted by atomic mass is 79.9. The largest absolute Gasteiger partial charge is 0.377 e. The van der Waals surface area contributed by atoms with E-state index in [0.717, 1.165) is 18.5 Å². The van der Waals surface area contributed by atoms with E-state index in [4.69, 9.17) is 4.74 Å². The van der Waals surface area contributed by atoms with Gasteiger partial charge in [0.05, 0.1) is 6.10 Å². The van der Waals surface area contributed by atoms with Gasteiger partial charge in [-0.1, -0.05) is 29.8 Å². The Hall–Kier alpha value is 0.400. The van der Waals surface area contributed by atoms with Crippen LogP contribution in [0.4, 0.5) is 0 Å². The third-order valence-corrected chi connectivity index (χ3v) is 4.40. The van der Waals surface area contributed by atoms with E-state index in [-0.39, 0.29) is 0 Å². The minimum atomic E-state index is 0.369. The lowest BCUT2D eigenvalue weighted by Gasteiger charge is -2.37. The number of rotatable bonds is 5. The maximum Gasteiger partial charge on any atom is 0.0702 e. The van der Waals surface area contributed by atoms with Crippen molar-refractivity contribution < 1.29 is 4.74 Å². The Kier molecular flexibility index (Phi) is 5.58. The van der Waals surface area contributed by atoms with E-state index in [1.807, 2.05) is 0 Å². The number of ether oxygens (including phenoxy) is 1. The molecule has 0 bridgehead atoms. The second kappa shape index (κ2) is 6.21. The van der Waals surface area contributed by atoms with E-state index >= 15 is 0 Å². The maximum absolute atomic E-state index is 5.71. The number of nitrogens with zero attached hydrogens (tertiary/aromatic N) is 1. The van der Waals surface area contributed by atoms with Crippen LogP contribution in [0.2, 0.25) is 0 Å². The predicted octanol–water partition coefficient (Wildman–Crippen LogP) is 2.91.